The average molecular weight is 440 g/mol. The van der Waals surface area contributed by atoms with E-state index < -0.39 is 16.1 Å². The van der Waals surface area contributed by atoms with Crippen LogP contribution in [0.3, 0.4) is 0 Å². The molecule has 0 saturated heterocycles. The van der Waals surface area contributed by atoms with Gasteiger partial charge in [0.05, 0.1) is 5.02 Å². The van der Waals surface area contributed by atoms with Gasteiger partial charge in [0.1, 0.15) is 4.90 Å². The van der Waals surface area contributed by atoms with Crippen LogP contribution in [0.25, 0.3) is 0 Å². The quantitative estimate of drug-likeness (QED) is 0.373. The number of benzene rings is 1. The highest BCUT2D eigenvalue weighted by Crippen LogP contribution is 2.24. The molecule has 1 aromatic rings. The maximum atomic E-state index is 12.2. The standard InChI is InChI=1S/C17H27Cl2N3O4S/c1-12(2)9-14(22-17(23)24)11-20-7-3-4-8-21-27(25,26)16-6-5-13(18)10-15(16)19/h5-6,10,12,14,20-22H,3-4,7-9,11H2,1-2H3,(H,23,24)/t14-/m0/s1. The van der Waals surface area contributed by atoms with Crippen LogP contribution in [0.1, 0.15) is 33.1 Å². The van der Waals surface area contributed by atoms with Crippen LogP contribution in [0.4, 0.5) is 4.79 Å². The molecule has 1 amide bonds. The molecule has 10 heteroatoms. The maximum Gasteiger partial charge on any atom is 0.404 e. The first-order valence-electron chi connectivity index (χ1n) is 8.76. The number of hydrogen-bond donors (Lipinski definition) is 4. The molecule has 27 heavy (non-hydrogen) atoms. The number of nitrogens with one attached hydrogen (secondary N) is 3. The first kappa shape index (κ1) is 24.0. The zero-order chi connectivity index (χ0) is 20.4. The van der Waals surface area contributed by atoms with Crippen LogP contribution in [0.5, 0.6) is 0 Å². The number of carbonyl (C=O) groups is 1. The van der Waals surface area contributed by atoms with Crippen molar-refractivity contribution in [2.45, 2.75) is 44.0 Å². The molecule has 0 aliphatic carbocycles. The molecule has 154 valence electrons. The van der Waals surface area contributed by atoms with Crippen molar-refractivity contribution in [3.05, 3.63) is 28.2 Å². The first-order chi connectivity index (χ1) is 12.6. The maximum absolute atomic E-state index is 12.2. The van der Waals surface area contributed by atoms with Crippen LogP contribution in [-0.4, -0.2) is 45.3 Å². The molecule has 0 heterocycles. The van der Waals surface area contributed by atoms with E-state index in [0.29, 0.717) is 30.5 Å². The Balaban J connectivity index is 2.30. The summed E-state index contributed by atoms with van der Waals surface area (Å²) in [5.41, 5.74) is 0. The van der Waals surface area contributed by atoms with Crippen LogP contribution in [0, 0.1) is 5.92 Å². The lowest BCUT2D eigenvalue weighted by Gasteiger charge is -2.19. The second kappa shape index (κ2) is 11.7. The SMILES string of the molecule is CC(C)C[C@@H](CNCCCCNS(=O)(=O)c1ccc(Cl)cc1Cl)NC(=O)O. The van der Waals surface area contributed by atoms with Crippen molar-refractivity contribution in [3.8, 4) is 0 Å². The summed E-state index contributed by atoms with van der Waals surface area (Å²) in [5.74, 6) is 0.387. The normalized spacial score (nSPS) is 12.9. The van der Waals surface area contributed by atoms with Crippen LogP contribution in [-0.2, 0) is 10.0 Å². The highest BCUT2D eigenvalue weighted by molar-refractivity contribution is 7.89. The van der Waals surface area contributed by atoms with E-state index in [9.17, 15) is 13.2 Å². The lowest BCUT2D eigenvalue weighted by atomic mass is 10.0. The molecule has 0 fully saturated rings. The Hall–Kier alpha value is -1.06. The van der Waals surface area contributed by atoms with Crippen molar-refractivity contribution < 1.29 is 18.3 Å². The molecule has 1 rings (SSSR count). The highest BCUT2D eigenvalue weighted by Gasteiger charge is 2.17. The zero-order valence-corrected chi connectivity index (χ0v) is 17.8. The fourth-order valence-electron chi connectivity index (χ4n) is 2.57. The van der Waals surface area contributed by atoms with Crippen molar-refractivity contribution in [2.24, 2.45) is 5.92 Å². The summed E-state index contributed by atoms with van der Waals surface area (Å²) in [6.45, 7) is 5.56. The van der Waals surface area contributed by atoms with Gasteiger partial charge in [-0.2, -0.15) is 0 Å². The van der Waals surface area contributed by atoms with Gasteiger partial charge >= 0.3 is 6.09 Å². The number of rotatable bonds is 12. The fraction of sp³-hybridized carbons (Fsp3) is 0.588. The van der Waals surface area contributed by atoms with Crippen LogP contribution >= 0.6 is 23.2 Å². The first-order valence-corrected chi connectivity index (χ1v) is 11.0. The summed E-state index contributed by atoms with van der Waals surface area (Å²) in [5, 5.41) is 15.0. The molecule has 0 spiro atoms. The fourth-order valence-corrected chi connectivity index (χ4v) is 4.41. The number of sulfonamides is 1. The van der Waals surface area contributed by atoms with E-state index in [1.165, 1.54) is 18.2 Å². The predicted octanol–water partition coefficient (Wildman–Crippen LogP) is 3.32. The molecule has 0 saturated carbocycles. The minimum Gasteiger partial charge on any atom is -0.465 e. The average Bonchev–Trinajstić information content (AvgIpc) is 2.52. The molecule has 0 bridgehead atoms. The Kier molecular flexibility index (Phi) is 10.4. The van der Waals surface area contributed by atoms with Crippen LogP contribution in [0.15, 0.2) is 23.1 Å². The molecule has 0 unspecified atom stereocenters. The summed E-state index contributed by atoms with van der Waals surface area (Å²) in [6.07, 6.45) is 1.11. The number of amides is 1. The van der Waals surface area contributed by atoms with Gasteiger partial charge in [0.15, 0.2) is 0 Å². The molecule has 0 aromatic heterocycles. The summed E-state index contributed by atoms with van der Waals surface area (Å²) in [4.78, 5) is 10.8. The van der Waals surface area contributed by atoms with Crippen molar-refractivity contribution >= 4 is 39.3 Å². The Morgan fingerprint density at radius 3 is 2.44 bits per heavy atom. The van der Waals surface area contributed by atoms with Crippen molar-refractivity contribution in [1.29, 1.82) is 0 Å². The molecule has 7 nitrogen and oxygen atoms in total. The largest absolute Gasteiger partial charge is 0.465 e. The zero-order valence-electron chi connectivity index (χ0n) is 15.5. The molecule has 4 N–H and O–H groups in total. The number of unbranched alkanes of at least 4 members (excludes halogenated alkanes) is 1. The minimum atomic E-state index is -3.68. The molecule has 0 aliphatic heterocycles. The Bertz CT molecular complexity index is 714. The summed E-state index contributed by atoms with van der Waals surface area (Å²) >= 11 is 11.7. The van der Waals surface area contributed by atoms with E-state index in [-0.39, 0.29) is 22.5 Å². The van der Waals surface area contributed by atoms with Gasteiger partial charge in [-0.3, -0.25) is 0 Å². The third-order valence-corrected chi connectivity index (χ3v) is 5.91. The van der Waals surface area contributed by atoms with E-state index in [4.69, 9.17) is 28.3 Å². The minimum absolute atomic E-state index is 0.00274. The third-order valence-electron chi connectivity index (χ3n) is 3.73. The highest BCUT2D eigenvalue weighted by atomic mass is 35.5. The third kappa shape index (κ3) is 9.62. The molecule has 0 aliphatic rings. The Morgan fingerprint density at radius 1 is 1.19 bits per heavy atom. The van der Waals surface area contributed by atoms with E-state index in [1.807, 2.05) is 13.8 Å². The van der Waals surface area contributed by atoms with Gasteiger partial charge < -0.3 is 15.7 Å². The number of hydrogen-bond acceptors (Lipinski definition) is 4. The van der Waals surface area contributed by atoms with Gasteiger partial charge in [0, 0.05) is 24.2 Å². The number of carboxylic acid groups (broad SMARTS) is 1. The van der Waals surface area contributed by atoms with Gasteiger partial charge in [-0.1, -0.05) is 37.0 Å². The van der Waals surface area contributed by atoms with Crippen LogP contribution in [0.2, 0.25) is 10.0 Å². The van der Waals surface area contributed by atoms with Crippen molar-refractivity contribution in [3.63, 3.8) is 0 Å². The van der Waals surface area contributed by atoms with Gasteiger partial charge in [-0.25, -0.2) is 17.9 Å². The Labute approximate surface area is 170 Å². The summed E-state index contributed by atoms with van der Waals surface area (Å²) in [7, 11) is -3.68. The lowest BCUT2D eigenvalue weighted by molar-refractivity contribution is 0.187. The van der Waals surface area contributed by atoms with E-state index in [0.717, 1.165) is 12.8 Å². The molecular formula is C17H27Cl2N3O4S. The molecular weight excluding hydrogens is 413 g/mol. The Morgan fingerprint density at radius 2 is 1.85 bits per heavy atom. The van der Waals surface area contributed by atoms with Crippen LogP contribution < -0.4 is 15.4 Å². The smallest absolute Gasteiger partial charge is 0.404 e. The van der Waals surface area contributed by atoms with Gasteiger partial charge in [-0.05, 0) is 49.9 Å². The van der Waals surface area contributed by atoms with Crippen molar-refractivity contribution in [1.82, 2.24) is 15.4 Å². The second-order valence-electron chi connectivity index (χ2n) is 6.66. The van der Waals surface area contributed by atoms with Gasteiger partial charge in [0.25, 0.3) is 0 Å². The topological polar surface area (TPSA) is 108 Å². The van der Waals surface area contributed by atoms with E-state index in [1.54, 1.807) is 0 Å². The van der Waals surface area contributed by atoms with E-state index in [2.05, 4.69) is 15.4 Å². The molecule has 1 atom stereocenters. The predicted molar refractivity (Wildman–Crippen MR) is 108 cm³/mol. The second-order valence-corrected chi connectivity index (χ2v) is 9.24. The summed E-state index contributed by atoms with van der Waals surface area (Å²) in [6, 6.07) is 4.09. The monoisotopic (exact) mass is 439 g/mol. The van der Waals surface area contributed by atoms with Gasteiger partial charge in [0.2, 0.25) is 10.0 Å². The number of halogens is 2. The van der Waals surface area contributed by atoms with E-state index >= 15 is 0 Å². The molecule has 0 radical (unpaired) electrons. The van der Waals surface area contributed by atoms with Gasteiger partial charge in [-0.15, -0.1) is 0 Å². The molecule has 1 aromatic carbocycles. The van der Waals surface area contributed by atoms with Crippen molar-refractivity contribution in [2.75, 3.05) is 19.6 Å². The lowest BCUT2D eigenvalue weighted by Crippen LogP contribution is -2.42. The summed E-state index contributed by atoms with van der Waals surface area (Å²) < 4.78 is 27.0.